The Morgan fingerprint density at radius 1 is 1.00 bits per heavy atom. The highest BCUT2D eigenvalue weighted by Crippen LogP contribution is 2.38. The molecule has 0 bridgehead atoms. The average molecular weight is 461 g/mol. The first-order valence-electron chi connectivity index (χ1n) is 10.9. The van der Waals surface area contributed by atoms with Gasteiger partial charge in [-0.1, -0.05) is 55.8 Å². The number of rotatable bonds is 8. The van der Waals surface area contributed by atoms with E-state index in [1.165, 1.54) is 22.3 Å². The van der Waals surface area contributed by atoms with E-state index < -0.39 is 5.82 Å². The van der Waals surface area contributed by atoms with E-state index in [4.69, 9.17) is 9.72 Å². The van der Waals surface area contributed by atoms with Crippen molar-refractivity contribution in [2.75, 3.05) is 12.0 Å². The molecule has 1 amide bonds. The Bertz CT molecular complexity index is 1220. The van der Waals surface area contributed by atoms with Crippen molar-refractivity contribution in [2.24, 2.45) is 0 Å². The fourth-order valence-electron chi connectivity index (χ4n) is 3.63. The summed E-state index contributed by atoms with van der Waals surface area (Å²) >= 11 is 1.44. The molecular weight excluding hydrogens is 435 g/mol. The van der Waals surface area contributed by atoms with E-state index in [-0.39, 0.29) is 18.0 Å². The first kappa shape index (κ1) is 22.7. The predicted octanol–water partition coefficient (Wildman–Crippen LogP) is 6.82. The molecule has 0 N–H and O–H groups in total. The molecule has 1 heterocycles. The van der Waals surface area contributed by atoms with Crippen molar-refractivity contribution in [2.45, 2.75) is 26.2 Å². The van der Waals surface area contributed by atoms with Crippen molar-refractivity contribution in [3.8, 4) is 17.0 Å². The molecule has 1 aromatic heterocycles. The largest absolute Gasteiger partial charge is 0.497 e. The third-order valence-corrected chi connectivity index (χ3v) is 6.36. The van der Waals surface area contributed by atoms with E-state index in [2.05, 4.69) is 6.92 Å². The van der Waals surface area contributed by atoms with Crippen LogP contribution in [-0.2, 0) is 17.6 Å². The van der Waals surface area contributed by atoms with Crippen molar-refractivity contribution in [1.82, 2.24) is 4.98 Å². The Balaban J connectivity index is 1.79. The van der Waals surface area contributed by atoms with Gasteiger partial charge in [-0.25, -0.2) is 9.37 Å². The first-order chi connectivity index (χ1) is 16.1. The number of carbonyl (C=O) groups excluding carboxylic acids is 1. The zero-order chi connectivity index (χ0) is 23.2. The van der Waals surface area contributed by atoms with Gasteiger partial charge < -0.3 is 4.74 Å². The summed E-state index contributed by atoms with van der Waals surface area (Å²) in [5, 5.41) is 0.468. The molecule has 0 fully saturated rings. The number of thiazole rings is 1. The van der Waals surface area contributed by atoms with Gasteiger partial charge in [-0.2, -0.15) is 0 Å². The van der Waals surface area contributed by atoms with Crippen LogP contribution in [0.4, 0.5) is 15.2 Å². The number of amides is 1. The zero-order valence-corrected chi connectivity index (χ0v) is 19.4. The monoisotopic (exact) mass is 460 g/mol. The van der Waals surface area contributed by atoms with Gasteiger partial charge in [0.1, 0.15) is 11.6 Å². The summed E-state index contributed by atoms with van der Waals surface area (Å²) in [7, 11) is 1.63. The molecule has 0 radical (unpaired) electrons. The molecule has 4 nitrogen and oxygen atoms in total. The summed E-state index contributed by atoms with van der Waals surface area (Å²) in [6.07, 6.45) is 1.90. The summed E-state index contributed by atoms with van der Waals surface area (Å²) in [6.45, 7) is 2.10. The standard InChI is InChI=1S/C27H25FN2O2S/c1-3-9-24-26(20-14-16-21(32-2)17-15-20)29-27(33-24)30(23-13-8-7-12-22(23)28)25(31)18-19-10-5-4-6-11-19/h4-8,10-17H,3,9,18H2,1-2H3. The molecule has 0 saturated carbocycles. The van der Waals surface area contributed by atoms with Crippen LogP contribution in [0.2, 0.25) is 0 Å². The number of methoxy groups -OCH3 is 1. The predicted molar refractivity (Wildman–Crippen MR) is 132 cm³/mol. The summed E-state index contributed by atoms with van der Waals surface area (Å²) in [4.78, 5) is 20.8. The van der Waals surface area contributed by atoms with Gasteiger partial charge in [0.05, 0.1) is 24.9 Å². The van der Waals surface area contributed by atoms with Crippen LogP contribution in [-0.4, -0.2) is 18.0 Å². The lowest BCUT2D eigenvalue weighted by atomic mass is 10.1. The molecule has 0 spiro atoms. The molecule has 0 aliphatic carbocycles. The van der Waals surface area contributed by atoms with Crippen molar-refractivity contribution >= 4 is 28.1 Å². The van der Waals surface area contributed by atoms with Crippen molar-refractivity contribution in [1.29, 1.82) is 0 Å². The number of anilines is 2. The van der Waals surface area contributed by atoms with Crippen LogP contribution in [0, 0.1) is 5.82 Å². The molecular formula is C27H25FN2O2S. The highest BCUT2D eigenvalue weighted by Gasteiger charge is 2.26. The Labute approximate surface area is 197 Å². The van der Waals surface area contributed by atoms with E-state index in [0.717, 1.165) is 40.3 Å². The molecule has 0 aliphatic heterocycles. The Morgan fingerprint density at radius 2 is 1.70 bits per heavy atom. The number of hydrogen-bond acceptors (Lipinski definition) is 4. The molecule has 168 valence electrons. The van der Waals surface area contributed by atoms with Gasteiger partial charge in [0.2, 0.25) is 5.91 Å². The molecule has 33 heavy (non-hydrogen) atoms. The minimum Gasteiger partial charge on any atom is -0.497 e. The maximum absolute atomic E-state index is 14.9. The SMILES string of the molecule is CCCc1sc(N(C(=O)Cc2ccccc2)c2ccccc2F)nc1-c1ccc(OC)cc1. The van der Waals surface area contributed by atoms with Gasteiger partial charge in [-0.3, -0.25) is 9.69 Å². The Hall–Kier alpha value is -3.51. The second-order valence-electron chi connectivity index (χ2n) is 7.59. The number of aromatic nitrogens is 1. The van der Waals surface area contributed by atoms with Crippen molar-refractivity contribution < 1.29 is 13.9 Å². The number of hydrogen-bond donors (Lipinski definition) is 0. The number of para-hydroxylation sites is 1. The minimum absolute atomic E-state index is 0.149. The molecule has 3 aromatic carbocycles. The molecule has 0 unspecified atom stereocenters. The van der Waals surface area contributed by atoms with Gasteiger partial charge in [0.15, 0.2) is 5.13 Å². The second kappa shape index (κ2) is 10.4. The van der Waals surface area contributed by atoms with E-state index in [1.807, 2.05) is 54.6 Å². The third-order valence-electron chi connectivity index (χ3n) is 5.26. The van der Waals surface area contributed by atoms with E-state index in [0.29, 0.717) is 5.13 Å². The van der Waals surface area contributed by atoms with Crippen LogP contribution < -0.4 is 9.64 Å². The number of aryl methyl sites for hydroxylation is 1. The number of halogens is 1. The lowest BCUT2D eigenvalue weighted by Crippen LogP contribution is -2.28. The lowest BCUT2D eigenvalue weighted by Gasteiger charge is -2.20. The topological polar surface area (TPSA) is 42.4 Å². The van der Waals surface area contributed by atoms with Gasteiger partial charge in [-0.15, -0.1) is 11.3 Å². The highest BCUT2D eigenvalue weighted by molar-refractivity contribution is 7.16. The Kier molecular flexibility index (Phi) is 7.15. The van der Waals surface area contributed by atoms with Crippen LogP contribution in [0.1, 0.15) is 23.8 Å². The smallest absolute Gasteiger partial charge is 0.237 e. The van der Waals surface area contributed by atoms with Crippen LogP contribution in [0.25, 0.3) is 11.3 Å². The van der Waals surface area contributed by atoms with Crippen LogP contribution in [0.5, 0.6) is 5.75 Å². The van der Waals surface area contributed by atoms with Crippen molar-refractivity contribution in [3.63, 3.8) is 0 Å². The zero-order valence-electron chi connectivity index (χ0n) is 18.6. The number of nitrogens with zero attached hydrogens (tertiary/aromatic N) is 2. The maximum atomic E-state index is 14.9. The van der Waals surface area contributed by atoms with Gasteiger partial charge in [-0.05, 0) is 48.4 Å². The fourth-order valence-corrected chi connectivity index (χ4v) is 4.85. The average Bonchev–Trinajstić information content (AvgIpc) is 3.24. The molecule has 0 atom stereocenters. The van der Waals surface area contributed by atoms with E-state index >= 15 is 0 Å². The maximum Gasteiger partial charge on any atom is 0.237 e. The van der Waals surface area contributed by atoms with Crippen molar-refractivity contribution in [3.05, 3.63) is 95.1 Å². The van der Waals surface area contributed by atoms with Crippen LogP contribution >= 0.6 is 11.3 Å². The fraction of sp³-hybridized carbons (Fsp3) is 0.185. The van der Waals surface area contributed by atoms with E-state index in [1.54, 1.807) is 25.3 Å². The lowest BCUT2D eigenvalue weighted by molar-refractivity contribution is -0.117. The summed E-state index contributed by atoms with van der Waals surface area (Å²) in [5.74, 6) is 0.0683. The summed E-state index contributed by atoms with van der Waals surface area (Å²) in [5.41, 5.74) is 2.82. The highest BCUT2D eigenvalue weighted by atomic mass is 32.1. The normalized spacial score (nSPS) is 10.8. The van der Waals surface area contributed by atoms with Gasteiger partial charge in [0, 0.05) is 10.4 Å². The second-order valence-corrected chi connectivity index (χ2v) is 8.65. The summed E-state index contributed by atoms with van der Waals surface area (Å²) < 4.78 is 20.1. The Morgan fingerprint density at radius 3 is 2.36 bits per heavy atom. The molecule has 6 heteroatoms. The third kappa shape index (κ3) is 5.12. The van der Waals surface area contributed by atoms with Gasteiger partial charge >= 0.3 is 0 Å². The van der Waals surface area contributed by atoms with Crippen LogP contribution in [0.3, 0.4) is 0 Å². The number of ether oxygens (including phenoxy) is 1. The molecule has 4 aromatic rings. The quantitative estimate of drug-likeness (QED) is 0.290. The number of benzene rings is 3. The van der Waals surface area contributed by atoms with E-state index in [9.17, 15) is 9.18 Å². The summed E-state index contributed by atoms with van der Waals surface area (Å²) in [6, 6.07) is 23.5. The minimum atomic E-state index is -0.461. The molecule has 0 aliphatic rings. The first-order valence-corrected chi connectivity index (χ1v) is 11.7. The molecule has 0 saturated heterocycles. The number of carbonyl (C=O) groups is 1. The van der Waals surface area contributed by atoms with Gasteiger partial charge in [0.25, 0.3) is 0 Å². The molecule has 4 rings (SSSR count). The van der Waals surface area contributed by atoms with Crippen LogP contribution in [0.15, 0.2) is 78.9 Å².